The van der Waals surface area contributed by atoms with Crippen molar-refractivity contribution in [3.8, 4) is 0 Å². The number of hydrogen-bond acceptors (Lipinski definition) is 3. The van der Waals surface area contributed by atoms with E-state index in [4.69, 9.17) is 0 Å². The summed E-state index contributed by atoms with van der Waals surface area (Å²) in [6, 6.07) is 0.523. The molecule has 3 nitrogen and oxygen atoms in total. The van der Waals surface area contributed by atoms with Crippen LogP contribution in [0, 0.1) is 5.92 Å². The summed E-state index contributed by atoms with van der Waals surface area (Å²) in [5.41, 5.74) is 0. The molecule has 0 spiro atoms. The molecule has 0 aliphatic carbocycles. The van der Waals surface area contributed by atoms with Crippen molar-refractivity contribution in [2.75, 3.05) is 18.6 Å². The van der Waals surface area contributed by atoms with Crippen molar-refractivity contribution >= 4 is 9.84 Å². The normalized spacial score (nSPS) is 16.3. The third-order valence-electron chi connectivity index (χ3n) is 2.77. The molecule has 0 fully saturated rings. The van der Waals surface area contributed by atoms with E-state index >= 15 is 0 Å². The molecule has 0 amide bonds. The molecule has 1 N–H and O–H groups in total. The molecule has 0 aromatic heterocycles. The van der Waals surface area contributed by atoms with Gasteiger partial charge >= 0.3 is 0 Å². The minimum absolute atomic E-state index is 0.319. The zero-order valence-corrected chi connectivity index (χ0v) is 11.2. The molecule has 0 bridgehead atoms. The van der Waals surface area contributed by atoms with Gasteiger partial charge in [-0.1, -0.05) is 20.8 Å². The van der Waals surface area contributed by atoms with Gasteiger partial charge in [-0.05, 0) is 31.7 Å². The largest absolute Gasteiger partial charge is 0.314 e. The lowest BCUT2D eigenvalue weighted by molar-refractivity contribution is 0.352. The van der Waals surface area contributed by atoms with Gasteiger partial charge in [0.25, 0.3) is 0 Å². The van der Waals surface area contributed by atoms with E-state index < -0.39 is 9.84 Å². The Kier molecular flexibility index (Phi) is 7.18. The Morgan fingerprint density at radius 1 is 1.27 bits per heavy atom. The van der Waals surface area contributed by atoms with Gasteiger partial charge in [-0.2, -0.15) is 0 Å². The second kappa shape index (κ2) is 7.23. The van der Waals surface area contributed by atoms with E-state index in [-0.39, 0.29) is 0 Å². The maximum Gasteiger partial charge on any atom is 0.147 e. The van der Waals surface area contributed by atoms with E-state index in [1.807, 2.05) is 0 Å². The van der Waals surface area contributed by atoms with E-state index in [0.29, 0.717) is 17.7 Å². The van der Waals surface area contributed by atoms with Crippen LogP contribution in [-0.4, -0.2) is 33.0 Å². The minimum atomic E-state index is -2.78. The van der Waals surface area contributed by atoms with Gasteiger partial charge in [0.15, 0.2) is 0 Å². The monoisotopic (exact) mass is 235 g/mol. The van der Waals surface area contributed by atoms with E-state index in [9.17, 15) is 8.42 Å². The topological polar surface area (TPSA) is 46.2 Å². The first-order valence-electron chi connectivity index (χ1n) is 5.81. The van der Waals surface area contributed by atoms with Crippen LogP contribution in [0.5, 0.6) is 0 Å². The van der Waals surface area contributed by atoms with Gasteiger partial charge in [-0.15, -0.1) is 0 Å². The molecule has 15 heavy (non-hydrogen) atoms. The predicted molar refractivity (Wildman–Crippen MR) is 65.9 cm³/mol. The molecular weight excluding hydrogens is 210 g/mol. The number of hydrogen-bond donors (Lipinski definition) is 1. The lowest BCUT2D eigenvalue weighted by Crippen LogP contribution is -2.34. The zero-order chi connectivity index (χ0) is 11.9. The molecule has 0 aromatic carbocycles. The highest BCUT2D eigenvalue weighted by molar-refractivity contribution is 7.90. The van der Waals surface area contributed by atoms with Gasteiger partial charge in [-0.3, -0.25) is 0 Å². The molecule has 0 aromatic rings. The third-order valence-corrected chi connectivity index (χ3v) is 3.80. The SMILES string of the molecule is CCNC(CC)C(C)CCCS(C)(=O)=O. The molecule has 0 aliphatic heterocycles. The van der Waals surface area contributed by atoms with Crippen molar-refractivity contribution < 1.29 is 8.42 Å². The van der Waals surface area contributed by atoms with E-state index in [1.165, 1.54) is 6.26 Å². The molecule has 0 rings (SSSR count). The molecule has 92 valence electrons. The average molecular weight is 235 g/mol. The van der Waals surface area contributed by atoms with Crippen LogP contribution in [0.3, 0.4) is 0 Å². The van der Waals surface area contributed by atoms with Gasteiger partial charge in [0.2, 0.25) is 0 Å². The Bertz CT molecular complexity index is 249. The van der Waals surface area contributed by atoms with Gasteiger partial charge in [0.1, 0.15) is 9.84 Å². The second-order valence-electron chi connectivity index (χ2n) is 4.32. The Morgan fingerprint density at radius 3 is 2.27 bits per heavy atom. The first-order chi connectivity index (χ1) is 6.90. The van der Waals surface area contributed by atoms with Crippen LogP contribution >= 0.6 is 0 Å². The van der Waals surface area contributed by atoms with Crippen LogP contribution in [0.25, 0.3) is 0 Å². The lowest BCUT2D eigenvalue weighted by atomic mass is 9.95. The summed E-state index contributed by atoms with van der Waals surface area (Å²) >= 11 is 0. The Balaban J connectivity index is 3.85. The summed E-state index contributed by atoms with van der Waals surface area (Å²) in [6.07, 6.45) is 4.17. The Morgan fingerprint density at radius 2 is 1.87 bits per heavy atom. The van der Waals surface area contributed by atoms with Crippen LogP contribution < -0.4 is 5.32 Å². The Hall–Kier alpha value is -0.0900. The van der Waals surface area contributed by atoms with E-state index in [1.54, 1.807) is 0 Å². The molecule has 2 unspecified atom stereocenters. The summed E-state index contributed by atoms with van der Waals surface area (Å²) in [7, 11) is -2.78. The fourth-order valence-electron chi connectivity index (χ4n) is 1.88. The van der Waals surface area contributed by atoms with Crippen molar-refractivity contribution in [3.63, 3.8) is 0 Å². The highest BCUT2D eigenvalue weighted by Gasteiger charge is 2.14. The summed E-state index contributed by atoms with van der Waals surface area (Å²) in [5.74, 6) is 0.872. The predicted octanol–water partition coefficient (Wildman–Crippen LogP) is 1.84. The molecule has 0 radical (unpaired) electrons. The fourth-order valence-corrected chi connectivity index (χ4v) is 2.57. The first-order valence-corrected chi connectivity index (χ1v) is 7.87. The van der Waals surface area contributed by atoms with Gasteiger partial charge in [0, 0.05) is 18.1 Å². The smallest absolute Gasteiger partial charge is 0.147 e. The molecular formula is C11H25NO2S. The number of nitrogens with one attached hydrogen (secondary N) is 1. The van der Waals surface area contributed by atoms with Gasteiger partial charge in [0.05, 0.1) is 0 Å². The lowest BCUT2D eigenvalue weighted by Gasteiger charge is -2.23. The van der Waals surface area contributed by atoms with Gasteiger partial charge in [-0.25, -0.2) is 8.42 Å². The molecule has 0 aliphatic rings. The standard InChI is InChI=1S/C11H25NO2S/c1-5-11(12-6-2)10(3)8-7-9-15(4,13)14/h10-12H,5-9H2,1-4H3. The van der Waals surface area contributed by atoms with Gasteiger partial charge < -0.3 is 5.32 Å². The van der Waals surface area contributed by atoms with E-state index in [2.05, 4.69) is 26.1 Å². The quantitative estimate of drug-likeness (QED) is 0.698. The summed E-state index contributed by atoms with van der Waals surface area (Å²) < 4.78 is 21.9. The Labute approximate surface area is 94.6 Å². The van der Waals surface area contributed by atoms with Crippen molar-refractivity contribution in [1.29, 1.82) is 0 Å². The average Bonchev–Trinajstić information content (AvgIpc) is 2.11. The maximum absolute atomic E-state index is 11.0. The second-order valence-corrected chi connectivity index (χ2v) is 6.58. The third kappa shape index (κ3) is 7.79. The first kappa shape index (κ1) is 14.9. The number of rotatable bonds is 8. The van der Waals surface area contributed by atoms with Crippen LogP contribution in [0.4, 0.5) is 0 Å². The summed E-state index contributed by atoms with van der Waals surface area (Å²) in [5, 5.41) is 3.43. The van der Waals surface area contributed by atoms with Crippen LogP contribution in [-0.2, 0) is 9.84 Å². The maximum atomic E-state index is 11.0. The van der Waals surface area contributed by atoms with Crippen molar-refractivity contribution in [1.82, 2.24) is 5.32 Å². The zero-order valence-electron chi connectivity index (χ0n) is 10.4. The molecule has 2 atom stereocenters. The van der Waals surface area contributed by atoms with Crippen LogP contribution in [0.2, 0.25) is 0 Å². The van der Waals surface area contributed by atoms with Crippen molar-refractivity contribution in [2.45, 2.75) is 46.1 Å². The van der Waals surface area contributed by atoms with E-state index in [0.717, 1.165) is 25.8 Å². The van der Waals surface area contributed by atoms with Crippen LogP contribution in [0.15, 0.2) is 0 Å². The van der Waals surface area contributed by atoms with Crippen molar-refractivity contribution in [2.24, 2.45) is 5.92 Å². The minimum Gasteiger partial charge on any atom is -0.314 e. The molecule has 4 heteroatoms. The summed E-state index contributed by atoms with van der Waals surface area (Å²) in [4.78, 5) is 0. The summed E-state index contributed by atoms with van der Waals surface area (Å²) in [6.45, 7) is 7.44. The highest BCUT2D eigenvalue weighted by Crippen LogP contribution is 2.14. The highest BCUT2D eigenvalue weighted by atomic mass is 32.2. The molecule has 0 heterocycles. The molecule has 0 saturated heterocycles. The van der Waals surface area contributed by atoms with Crippen molar-refractivity contribution in [3.05, 3.63) is 0 Å². The number of sulfone groups is 1. The molecule has 0 saturated carbocycles. The van der Waals surface area contributed by atoms with Crippen LogP contribution in [0.1, 0.15) is 40.0 Å². The fraction of sp³-hybridized carbons (Fsp3) is 1.00.